The summed E-state index contributed by atoms with van der Waals surface area (Å²) < 4.78 is 14.2. The van der Waals surface area contributed by atoms with Crippen molar-refractivity contribution in [1.82, 2.24) is 9.88 Å². The molecular weight excluding hydrogens is 371 g/mol. The van der Waals surface area contributed by atoms with Crippen molar-refractivity contribution >= 4 is 29.2 Å². The number of aromatic nitrogens is 1. The van der Waals surface area contributed by atoms with Crippen LogP contribution in [0.3, 0.4) is 0 Å². The number of hydrogen-bond acceptors (Lipinski definition) is 5. The quantitative estimate of drug-likeness (QED) is 0.626. The first-order valence-electron chi connectivity index (χ1n) is 8.38. The number of amides is 2. The van der Waals surface area contributed by atoms with Gasteiger partial charge in [0.25, 0.3) is 11.8 Å². The van der Waals surface area contributed by atoms with Crippen LogP contribution in [0.5, 0.6) is 0 Å². The van der Waals surface area contributed by atoms with E-state index in [0.29, 0.717) is 17.5 Å². The summed E-state index contributed by atoms with van der Waals surface area (Å²) in [4.78, 5) is 30.4. The highest BCUT2D eigenvalue weighted by molar-refractivity contribution is 6.30. The zero-order chi connectivity index (χ0) is 19.7. The van der Waals surface area contributed by atoms with E-state index >= 15 is 0 Å². The van der Waals surface area contributed by atoms with E-state index in [0.717, 1.165) is 6.07 Å². The van der Waals surface area contributed by atoms with Crippen LogP contribution in [-0.2, 0) is 0 Å². The summed E-state index contributed by atoms with van der Waals surface area (Å²) in [5, 5.41) is 11.7. The van der Waals surface area contributed by atoms with Gasteiger partial charge in [0, 0.05) is 6.04 Å². The second-order valence-electron chi connectivity index (χ2n) is 6.19. The normalized spacial score (nSPS) is 15.3. The van der Waals surface area contributed by atoms with Crippen LogP contribution in [0.2, 0.25) is 5.15 Å². The molecule has 1 N–H and O–H groups in total. The number of rotatable bonds is 5. The maximum Gasteiger partial charge on any atom is 0.261 e. The summed E-state index contributed by atoms with van der Waals surface area (Å²) in [5.41, 5.74) is 0.644. The van der Waals surface area contributed by atoms with Crippen LogP contribution < -0.4 is 5.32 Å². The second-order valence-corrected chi connectivity index (χ2v) is 6.55. The molecule has 1 aromatic heterocycles. The second kappa shape index (κ2) is 7.33. The van der Waals surface area contributed by atoms with Crippen LogP contribution in [0.15, 0.2) is 30.3 Å². The molecule has 2 atom stereocenters. The highest BCUT2D eigenvalue weighted by Gasteiger charge is 2.40. The van der Waals surface area contributed by atoms with E-state index in [-0.39, 0.29) is 28.3 Å². The van der Waals surface area contributed by atoms with Crippen molar-refractivity contribution in [2.24, 2.45) is 0 Å². The molecule has 0 spiro atoms. The number of nitriles is 1. The van der Waals surface area contributed by atoms with Gasteiger partial charge in [0.2, 0.25) is 0 Å². The van der Waals surface area contributed by atoms with Crippen LogP contribution in [0.25, 0.3) is 0 Å². The monoisotopic (exact) mass is 386 g/mol. The van der Waals surface area contributed by atoms with Crippen LogP contribution in [0.1, 0.15) is 46.5 Å². The Hall–Kier alpha value is -2.98. The first-order valence-corrected chi connectivity index (χ1v) is 8.76. The van der Waals surface area contributed by atoms with Crippen molar-refractivity contribution in [1.29, 1.82) is 5.26 Å². The van der Waals surface area contributed by atoms with Crippen LogP contribution >= 0.6 is 11.6 Å². The Labute approximate surface area is 160 Å². The molecule has 8 heteroatoms. The van der Waals surface area contributed by atoms with Crippen LogP contribution in [0.4, 0.5) is 10.2 Å². The molecular formula is C19H16ClFN4O2. The Kier molecular flexibility index (Phi) is 5.10. The number of hydrogen-bond donors (Lipinski definition) is 1. The Bertz CT molecular complexity index is 938. The molecule has 1 aromatic carbocycles. The lowest BCUT2D eigenvalue weighted by atomic mass is 10.1. The molecule has 0 radical (unpaired) electrons. The number of pyridine rings is 1. The zero-order valence-electron chi connectivity index (χ0n) is 14.7. The van der Waals surface area contributed by atoms with Gasteiger partial charge in [0.1, 0.15) is 11.2 Å². The fraction of sp³-hybridized carbons (Fsp3) is 0.263. The molecule has 1 aliphatic heterocycles. The Morgan fingerprint density at radius 1 is 1.30 bits per heavy atom. The van der Waals surface area contributed by atoms with E-state index in [9.17, 15) is 14.0 Å². The van der Waals surface area contributed by atoms with E-state index in [1.165, 1.54) is 4.90 Å². The van der Waals surface area contributed by atoms with Crippen molar-refractivity contribution in [2.45, 2.75) is 32.4 Å². The summed E-state index contributed by atoms with van der Waals surface area (Å²) in [6.07, 6.45) is 0.493. The smallest absolute Gasteiger partial charge is 0.261 e. The highest BCUT2D eigenvalue weighted by Crippen LogP contribution is 2.28. The predicted octanol–water partition coefficient (Wildman–Crippen LogP) is 3.62. The van der Waals surface area contributed by atoms with E-state index < -0.39 is 17.9 Å². The van der Waals surface area contributed by atoms with Gasteiger partial charge in [-0.1, -0.05) is 30.7 Å². The molecule has 3 rings (SSSR count). The lowest BCUT2D eigenvalue weighted by Gasteiger charge is -2.31. The molecule has 138 valence electrons. The van der Waals surface area contributed by atoms with Crippen molar-refractivity contribution in [3.63, 3.8) is 0 Å². The number of imide groups is 1. The van der Waals surface area contributed by atoms with Gasteiger partial charge in [-0.05, 0) is 31.5 Å². The van der Waals surface area contributed by atoms with Crippen molar-refractivity contribution in [3.05, 3.63) is 58.0 Å². The van der Waals surface area contributed by atoms with E-state index in [1.807, 2.05) is 6.92 Å². The maximum absolute atomic E-state index is 14.2. The van der Waals surface area contributed by atoms with Gasteiger partial charge in [-0.3, -0.25) is 14.5 Å². The molecule has 2 amide bonds. The van der Waals surface area contributed by atoms with Crippen molar-refractivity contribution in [2.75, 3.05) is 5.32 Å². The SMILES string of the molecule is CC[C@@H](Nc1nc(Cl)c(C#N)cc1F)[C@H](C)N1C(=O)c2ccccc2C1=O. The summed E-state index contributed by atoms with van der Waals surface area (Å²) in [6.45, 7) is 3.56. The average Bonchev–Trinajstić information content (AvgIpc) is 2.92. The molecule has 0 bridgehead atoms. The number of halogens is 2. The summed E-state index contributed by atoms with van der Waals surface area (Å²) in [6, 6.07) is 8.36. The predicted molar refractivity (Wildman–Crippen MR) is 98.0 cm³/mol. The molecule has 2 heterocycles. The highest BCUT2D eigenvalue weighted by atomic mass is 35.5. The first-order chi connectivity index (χ1) is 12.9. The largest absolute Gasteiger partial charge is 0.363 e. The van der Waals surface area contributed by atoms with Crippen LogP contribution in [0, 0.1) is 17.1 Å². The Morgan fingerprint density at radius 3 is 2.41 bits per heavy atom. The van der Waals surface area contributed by atoms with Gasteiger partial charge in [-0.25, -0.2) is 9.37 Å². The third-order valence-corrected chi connectivity index (χ3v) is 4.92. The number of fused-ring (bicyclic) bond motifs is 1. The number of carbonyl (C=O) groups is 2. The van der Waals surface area contributed by atoms with Crippen molar-refractivity contribution in [3.8, 4) is 6.07 Å². The number of nitrogens with zero attached hydrogens (tertiary/aromatic N) is 3. The first kappa shape index (κ1) is 18.8. The van der Waals surface area contributed by atoms with Gasteiger partial charge in [-0.15, -0.1) is 0 Å². The Morgan fingerprint density at radius 2 is 1.89 bits per heavy atom. The molecule has 6 nitrogen and oxygen atoms in total. The molecule has 1 aliphatic rings. The number of benzene rings is 1. The minimum atomic E-state index is -0.732. The topological polar surface area (TPSA) is 86.1 Å². The summed E-state index contributed by atoms with van der Waals surface area (Å²) >= 11 is 5.88. The molecule has 0 saturated heterocycles. The third-order valence-electron chi connectivity index (χ3n) is 4.63. The van der Waals surface area contributed by atoms with E-state index in [2.05, 4.69) is 10.3 Å². The summed E-state index contributed by atoms with van der Waals surface area (Å²) in [5.74, 6) is -1.62. The van der Waals surface area contributed by atoms with E-state index in [1.54, 1.807) is 37.3 Å². The molecule has 2 aromatic rings. The van der Waals surface area contributed by atoms with Gasteiger partial charge in [0.15, 0.2) is 11.6 Å². The third kappa shape index (κ3) is 3.24. The number of anilines is 1. The van der Waals surface area contributed by atoms with Gasteiger partial charge in [-0.2, -0.15) is 5.26 Å². The fourth-order valence-electron chi connectivity index (χ4n) is 3.14. The molecule has 0 unspecified atom stereocenters. The zero-order valence-corrected chi connectivity index (χ0v) is 15.4. The van der Waals surface area contributed by atoms with Gasteiger partial charge >= 0.3 is 0 Å². The van der Waals surface area contributed by atoms with Crippen LogP contribution in [-0.4, -0.2) is 33.8 Å². The lowest BCUT2D eigenvalue weighted by molar-refractivity contribution is 0.0580. The van der Waals surface area contributed by atoms with Gasteiger partial charge < -0.3 is 5.32 Å². The Balaban J connectivity index is 1.87. The van der Waals surface area contributed by atoms with E-state index in [4.69, 9.17) is 16.9 Å². The van der Waals surface area contributed by atoms with Gasteiger partial charge in [0.05, 0.1) is 22.7 Å². The number of carbonyl (C=O) groups excluding carboxylic acids is 2. The standard InChI is InChI=1S/C19H16ClFN4O2/c1-3-15(23-17-14(21)8-11(9-22)16(20)24-17)10(2)25-18(26)12-6-4-5-7-13(12)19(25)27/h4-8,10,15H,3H2,1-2H3,(H,23,24)/t10-,15+/m0/s1. The lowest BCUT2D eigenvalue weighted by Crippen LogP contribution is -2.48. The van der Waals surface area contributed by atoms with Crippen molar-refractivity contribution < 1.29 is 14.0 Å². The average molecular weight is 387 g/mol. The molecule has 27 heavy (non-hydrogen) atoms. The minimum Gasteiger partial charge on any atom is -0.363 e. The molecule has 0 saturated carbocycles. The maximum atomic E-state index is 14.2. The fourth-order valence-corrected chi connectivity index (χ4v) is 3.32. The molecule has 0 fully saturated rings. The molecule has 0 aliphatic carbocycles. The summed E-state index contributed by atoms with van der Waals surface area (Å²) in [7, 11) is 0. The number of nitrogens with one attached hydrogen (secondary N) is 1. The minimum absolute atomic E-state index is 0.0684.